The maximum atomic E-state index is 13.0. The van der Waals surface area contributed by atoms with E-state index >= 15 is 0 Å². The van der Waals surface area contributed by atoms with Crippen molar-refractivity contribution < 1.29 is 14.3 Å². The quantitative estimate of drug-likeness (QED) is 0.405. The second kappa shape index (κ2) is 9.00. The summed E-state index contributed by atoms with van der Waals surface area (Å²) in [6.07, 6.45) is 4.62. The molecule has 4 rings (SSSR count). The van der Waals surface area contributed by atoms with Crippen LogP contribution < -0.4 is 4.74 Å². The fraction of sp³-hybridized carbons (Fsp3) is 0.240. The van der Waals surface area contributed by atoms with Gasteiger partial charge in [0.25, 0.3) is 0 Å². The Kier molecular flexibility index (Phi) is 5.98. The third-order valence-electron chi connectivity index (χ3n) is 5.33. The Hall–Kier alpha value is -3.67. The van der Waals surface area contributed by atoms with Crippen molar-refractivity contribution in [2.24, 2.45) is 0 Å². The number of carbonyl (C=O) groups excluding carboxylic acids is 1. The number of hydrogen-bond acceptors (Lipinski definition) is 5. The molecule has 31 heavy (non-hydrogen) atoms. The van der Waals surface area contributed by atoms with E-state index in [2.05, 4.69) is 11.9 Å². The number of ether oxygens (including phenoxy) is 2. The topological polar surface area (TPSA) is 66.2 Å². The lowest BCUT2D eigenvalue weighted by atomic mass is 9.98. The van der Waals surface area contributed by atoms with Gasteiger partial charge in [0.2, 0.25) is 0 Å². The summed E-state index contributed by atoms with van der Waals surface area (Å²) >= 11 is 0. The van der Waals surface area contributed by atoms with Crippen LogP contribution >= 0.6 is 0 Å². The number of benzene rings is 2. The van der Waals surface area contributed by atoms with Crippen molar-refractivity contribution in [2.45, 2.75) is 25.8 Å². The number of aromatic nitrogens is 3. The van der Waals surface area contributed by atoms with E-state index in [4.69, 9.17) is 14.5 Å². The zero-order valence-corrected chi connectivity index (χ0v) is 17.9. The lowest BCUT2D eigenvalue weighted by molar-refractivity contribution is -0.141. The summed E-state index contributed by atoms with van der Waals surface area (Å²) in [6, 6.07) is 17.6. The lowest BCUT2D eigenvalue weighted by Crippen LogP contribution is -2.21. The number of nitrogens with zero attached hydrogens (tertiary/aromatic N) is 3. The Morgan fingerprint density at radius 1 is 1.06 bits per heavy atom. The Morgan fingerprint density at radius 2 is 1.84 bits per heavy atom. The molecule has 0 aliphatic carbocycles. The smallest absolute Gasteiger partial charge is 0.322 e. The van der Waals surface area contributed by atoms with Crippen molar-refractivity contribution in [1.29, 1.82) is 0 Å². The van der Waals surface area contributed by atoms with Crippen molar-refractivity contribution in [2.75, 3.05) is 14.2 Å². The van der Waals surface area contributed by atoms with Crippen LogP contribution in [-0.4, -0.2) is 34.7 Å². The zero-order valence-electron chi connectivity index (χ0n) is 17.9. The molecule has 0 aliphatic heterocycles. The number of aryl methyl sites for hydroxylation is 1. The Labute approximate surface area is 181 Å². The molecule has 0 spiro atoms. The van der Waals surface area contributed by atoms with Crippen molar-refractivity contribution in [3.63, 3.8) is 0 Å². The maximum absolute atomic E-state index is 13.0. The van der Waals surface area contributed by atoms with Crippen LogP contribution in [0.2, 0.25) is 0 Å². The van der Waals surface area contributed by atoms with Gasteiger partial charge in [0.1, 0.15) is 11.6 Å². The fourth-order valence-electron chi connectivity index (χ4n) is 3.81. The van der Waals surface area contributed by atoms with Gasteiger partial charge in [-0.05, 0) is 42.1 Å². The van der Waals surface area contributed by atoms with Gasteiger partial charge in [-0.2, -0.15) is 0 Å². The van der Waals surface area contributed by atoms with Crippen LogP contribution in [0, 0.1) is 0 Å². The van der Waals surface area contributed by atoms with Crippen molar-refractivity contribution >= 4 is 16.7 Å². The first kappa shape index (κ1) is 20.6. The van der Waals surface area contributed by atoms with Gasteiger partial charge in [-0.25, -0.2) is 4.98 Å². The fourth-order valence-corrected chi connectivity index (χ4v) is 3.81. The van der Waals surface area contributed by atoms with Gasteiger partial charge in [-0.1, -0.05) is 31.2 Å². The van der Waals surface area contributed by atoms with Crippen molar-refractivity contribution in [3.8, 4) is 17.0 Å². The molecule has 158 valence electrons. The molecule has 1 unspecified atom stereocenters. The predicted octanol–water partition coefficient (Wildman–Crippen LogP) is 4.82. The van der Waals surface area contributed by atoms with Gasteiger partial charge in [-0.3, -0.25) is 9.78 Å². The minimum atomic E-state index is -0.727. The molecule has 6 heteroatoms. The highest BCUT2D eigenvalue weighted by molar-refractivity contribution is 5.91. The number of fused-ring (bicyclic) bond motifs is 1. The summed E-state index contributed by atoms with van der Waals surface area (Å²) < 4.78 is 12.5. The van der Waals surface area contributed by atoms with Crippen LogP contribution in [0.1, 0.15) is 30.8 Å². The minimum absolute atomic E-state index is 0.381. The number of hydrogen-bond donors (Lipinski definition) is 0. The second-order valence-electron chi connectivity index (χ2n) is 7.28. The molecule has 0 amide bonds. The molecule has 2 heterocycles. The second-order valence-corrected chi connectivity index (χ2v) is 7.28. The Morgan fingerprint density at radius 3 is 2.55 bits per heavy atom. The first-order valence-corrected chi connectivity index (χ1v) is 10.3. The Balaban J connectivity index is 1.88. The third kappa shape index (κ3) is 4.01. The van der Waals surface area contributed by atoms with Crippen LogP contribution in [0.5, 0.6) is 5.75 Å². The molecule has 1 atom stereocenters. The van der Waals surface area contributed by atoms with Gasteiger partial charge in [0.15, 0.2) is 5.92 Å². The average molecular weight is 415 g/mol. The minimum Gasteiger partial charge on any atom is -0.497 e. The predicted molar refractivity (Wildman–Crippen MR) is 120 cm³/mol. The van der Waals surface area contributed by atoms with E-state index in [-0.39, 0.29) is 5.97 Å². The molecule has 0 bridgehead atoms. The van der Waals surface area contributed by atoms with Gasteiger partial charge >= 0.3 is 5.97 Å². The monoisotopic (exact) mass is 415 g/mol. The van der Waals surface area contributed by atoms with Gasteiger partial charge < -0.3 is 14.0 Å². The van der Waals surface area contributed by atoms with Crippen LogP contribution in [-0.2, 0) is 16.1 Å². The summed E-state index contributed by atoms with van der Waals surface area (Å²) in [5.74, 6) is 0.301. The molecule has 0 fully saturated rings. The number of rotatable bonds is 7. The number of pyridine rings is 1. The summed E-state index contributed by atoms with van der Waals surface area (Å²) in [7, 11) is 3.04. The number of esters is 1. The van der Waals surface area contributed by atoms with Gasteiger partial charge in [0.05, 0.1) is 25.6 Å². The standard InChI is InChI=1S/C25H25N3O3/c1-4-15-28-16-21(18-9-11-19(30-2)12-10-18)27-24(28)22(25(29)31-3)23-20-8-6-5-7-17(20)13-14-26-23/h5-14,16,22H,4,15H2,1-3H3. The molecular formula is C25H25N3O3. The Bertz CT molecular complexity index is 1190. The van der Waals surface area contributed by atoms with E-state index in [1.54, 1.807) is 13.3 Å². The van der Waals surface area contributed by atoms with E-state index in [1.807, 2.05) is 65.4 Å². The highest BCUT2D eigenvalue weighted by Crippen LogP contribution is 2.32. The highest BCUT2D eigenvalue weighted by Gasteiger charge is 2.31. The molecule has 6 nitrogen and oxygen atoms in total. The first-order valence-electron chi connectivity index (χ1n) is 10.3. The summed E-state index contributed by atoms with van der Waals surface area (Å²) in [6.45, 7) is 2.83. The number of carbonyl (C=O) groups is 1. The van der Waals surface area contributed by atoms with Crippen LogP contribution in [0.25, 0.3) is 22.0 Å². The normalized spacial score (nSPS) is 12.0. The highest BCUT2D eigenvalue weighted by atomic mass is 16.5. The van der Waals surface area contributed by atoms with E-state index in [9.17, 15) is 4.79 Å². The molecule has 2 aromatic carbocycles. The van der Waals surface area contributed by atoms with Gasteiger partial charge in [0, 0.05) is 29.9 Å². The molecule has 4 aromatic rings. The molecule has 0 radical (unpaired) electrons. The number of imidazole rings is 1. The summed E-state index contributed by atoms with van der Waals surface area (Å²) in [5, 5.41) is 1.93. The lowest BCUT2D eigenvalue weighted by Gasteiger charge is -2.17. The number of methoxy groups -OCH3 is 2. The molecule has 0 saturated carbocycles. The summed E-state index contributed by atoms with van der Waals surface area (Å²) in [5.41, 5.74) is 2.39. The molecular weight excluding hydrogens is 390 g/mol. The van der Waals surface area contributed by atoms with Crippen LogP contribution in [0.15, 0.2) is 67.0 Å². The van der Waals surface area contributed by atoms with E-state index < -0.39 is 5.92 Å². The van der Waals surface area contributed by atoms with E-state index in [0.717, 1.165) is 40.7 Å². The van der Waals surface area contributed by atoms with E-state index in [1.165, 1.54) is 7.11 Å². The molecule has 2 aromatic heterocycles. The first-order chi connectivity index (χ1) is 15.2. The molecule has 0 N–H and O–H groups in total. The van der Waals surface area contributed by atoms with Crippen molar-refractivity contribution in [1.82, 2.24) is 14.5 Å². The maximum Gasteiger partial charge on any atom is 0.322 e. The third-order valence-corrected chi connectivity index (χ3v) is 5.33. The van der Waals surface area contributed by atoms with Crippen LogP contribution in [0.4, 0.5) is 0 Å². The van der Waals surface area contributed by atoms with Crippen molar-refractivity contribution in [3.05, 3.63) is 78.5 Å². The largest absolute Gasteiger partial charge is 0.497 e. The van der Waals surface area contributed by atoms with E-state index in [0.29, 0.717) is 11.5 Å². The zero-order chi connectivity index (χ0) is 21.8. The van der Waals surface area contributed by atoms with Gasteiger partial charge in [-0.15, -0.1) is 0 Å². The summed E-state index contributed by atoms with van der Waals surface area (Å²) in [4.78, 5) is 22.5. The van der Waals surface area contributed by atoms with Crippen LogP contribution in [0.3, 0.4) is 0 Å². The SMILES string of the molecule is CCCn1cc(-c2ccc(OC)cc2)nc1C(C(=O)OC)c1nccc2ccccc12. The molecule has 0 saturated heterocycles. The molecule has 0 aliphatic rings. The average Bonchev–Trinajstić information content (AvgIpc) is 3.23.